The second-order valence-electron chi connectivity index (χ2n) is 5.07. The van der Waals surface area contributed by atoms with Crippen molar-refractivity contribution in [3.8, 4) is 0 Å². The number of H-pyrrole nitrogens is 1. The molecule has 0 aliphatic carbocycles. The van der Waals surface area contributed by atoms with E-state index in [-0.39, 0.29) is 18.3 Å². The minimum Gasteiger partial charge on any atom is -0.399 e. The second-order valence-corrected chi connectivity index (χ2v) is 5.51. The van der Waals surface area contributed by atoms with E-state index in [0.717, 1.165) is 5.46 Å². The van der Waals surface area contributed by atoms with Gasteiger partial charge in [-0.15, -0.1) is 0 Å². The van der Waals surface area contributed by atoms with Crippen molar-refractivity contribution in [1.29, 1.82) is 0 Å². The Morgan fingerprint density at radius 2 is 1.69 bits per heavy atom. The fourth-order valence-electron chi connectivity index (χ4n) is 1.55. The lowest BCUT2D eigenvalue weighted by atomic mass is 9.80. The molecular weight excluding hydrogens is 221 g/mol. The fourth-order valence-corrected chi connectivity index (χ4v) is 1.68. The summed E-state index contributed by atoms with van der Waals surface area (Å²) in [7, 11) is -0.322. The van der Waals surface area contributed by atoms with Gasteiger partial charge in [0, 0.05) is 6.20 Å². The fraction of sp³-hybridized carbons (Fsp3) is 0.545. The molecule has 0 spiro atoms. The molecule has 1 aromatic rings. The summed E-state index contributed by atoms with van der Waals surface area (Å²) in [4.78, 5) is 2.99. The van der Waals surface area contributed by atoms with Crippen molar-refractivity contribution in [2.24, 2.45) is 0 Å². The zero-order chi connectivity index (χ0) is 12.0. The van der Waals surface area contributed by atoms with E-state index in [0.29, 0.717) is 4.64 Å². The highest BCUT2D eigenvalue weighted by Crippen LogP contribution is 2.36. The highest BCUT2D eigenvalue weighted by molar-refractivity contribution is 7.71. The number of nitrogens with one attached hydrogen (secondary N) is 1. The topological polar surface area (TPSA) is 34.2 Å². The van der Waals surface area contributed by atoms with E-state index in [4.69, 9.17) is 21.5 Å². The van der Waals surface area contributed by atoms with Crippen LogP contribution in [0.25, 0.3) is 0 Å². The monoisotopic (exact) mass is 237 g/mol. The molecule has 16 heavy (non-hydrogen) atoms. The average Bonchev–Trinajstić information content (AvgIpc) is 2.37. The van der Waals surface area contributed by atoms with Crippen molar-refractivity contribution in [1.82, 2.24) is 4.98 Å². The van der Waals surface area contributed by atoms with Crippen molar-refractivity contribution >= 4 is 24.8 Å². The molecule has 1 aromatic heterocycles. The molecule has 2 rings (SSSR count). The molecule has 1 aliphatic rings. The summed E-state index contributed by atoms with van der Waals surface area (Å²) in [6, 6.07) is 3.77. The lowest BCUT2D eigenvalue weighted by Gasteiger charge is -2.32. The van der Waals surface area contributed by atoms with Crippen LogP contribution in [0.15, 0.2) is 18.3 Å². The summed E-state index contributed by atoms with van der Waals surface area (Å²) >= 11 is 5.00. The van der Waals surface area contributed by atoms with E-state index in [1.165, 1.54) is 0 Å². The van der Waals surface area contributed by atoms with Crippen molar-refractivity contribution in [3.63, 3.8) is 0 Å². The molecule has 86 valence electrons. The number of hydrogen-bond acceptors (Lipinski definition) is 3. The van der Waals surface area contributed by atoms with Gasteiger partial charge >= 0.3 is 7.12 Å². The van der Waals surface area contributed by atoms with Crippen LogP contribution >= 0.6 is 12.2 Å². The van der Waals surface area contributed by atoms with Crippen LogP contribution < -0.4 is 5.46 Å². The van der Waals surface area contributed by atoms with Crippen molar-refractivity contribution < 1.29 is 9.31 Å². The molecule has 0 bridgehead atoms. The van der Waals surface area contributed by atoms with Gasteiger partial charge in [-0.25, -0.2) is 0 Å². The molecular formula is C11H16BNO2S. The second kappa shape index (κ2) is 3.69. The number of aromatic nitrogens is 1. The highest BCUT2D eigenvalue weighted by atomic mass is 32.1. The van der Waals surface area contributed by atoms with E-state index in [1.807, 2.05) is 46.0 Å². The van der Waals surface area contributed by atoms with Crippen LogP contribution in [0.5, 0.6) is 0 Å². The maximum Gasteiger partial charge on any atom is 0.496 e. The Morgan fingerprint density at radius 1 is 1.12 bits per heavy atom. The van der Waals surface area contributed by atoms with Gasteiger partial charge < -0.3 is 14.3 Å². The molecule has 2 heterocycles. The first-order valence-corrected chi connectivity index (χ1v) is 5.77. The van der Waals surface area contributed by atoms with Crippen LogP contribution in [-0.4, -0.2) is 23.3 Å². The van der Waals surface area contributed by atoms with Crippen LogP contribution in [0.2, 0.25) is 0 Å². The molecule has 1 saturated heterocycles. The first kappa shape index (κ1) is 11.8. The van der Waals surface area contributed by atoms with Crippen LogP contribution in [0.1, 0.15) is 27.7 Å². The van der Waals surface area contributed by atoms with Crippen molar-refractivity contribution in [3.05, 3.63) is 23.0 Å². The number of aromatic amines is 1. The Morgan fingerprint density at radius 3 is 2.12 bits per heavy atom. The smallest absolute Gasteiger partial charge is 0.399 e. The summed E-state index contributed by atoms with van der Waals surface area (Å²) in [6.07, 6.45) is 1.84. The number of rotatable bonds is 1. The summed E-state index contributed by atoms with van der Waals surface area (Å²) in [5, 5.41) is 0. The molecule has 1 fully saturated rings. The molecule has 0 radical (unpaired) electrons. The average molecular weight is 237 g/mol. The van der Waals surface area contributed by atoms with E-state index in [9.17, 15) is 0 Å². The van der Waals surface area contributed by atoms with Crippen molar-refractivity contribution in [2.75, 3.05) is 0 Å². The van der Waals surface area contributed by atoms with E-state index in [2.05, 4.69) is 4.98 Å². The largest absolute Gasteiger partial charge is 0.496 e. The van der Waals surface area contributed by atoms with Gasteiger partial charge in [-0.05, 0) is 39.2 Å². The standard InChI is InChI=1S/C11H16BNO2S/c1-10(2)11(3,4)15-12(14-10)8-5-6-9(16)13-7-8/h5-7H,1-4H3,(H,13,16). The minimum atomic E-state index is -0.322. The minimum absolute atomic E-state index is 0.301. The van der Waals surface area contributed by atoms with E-state index < -0.39 is 0 Å². The van der Waals surface area contributed by atoms with Gasteiger partial charge in [-0.2, -0.15) is 0 Å². The van der Waals surface area contributed by atoms with Crippen molar-refractivity contribution in [2.45, 2.75) is 38.9 Å². The molecule has 3 nitrogen and oxygen atoms in total. The Balaban J connectivity index is 2.27. The first-order chi connectivity index (χ1) is 7.32. The zero-order valence-electron chi connectivity index (χ0n) is 10.0. The van der Waals surface area contributed by atoms with Gasteiger partial charge in [0.2, 0.25) is 0 Å². The third-order valence-corrected chi connectivity index (χ3v) is 3.59. The van der Waals surface area contributed by atoms with Gasteiger partial charge in [-0.1, -0.05) is 18.3 Å². The normalized spacial score (nSPS) is 22.4. The Labute approximate surface area is 101 Å². The molecule has 0 aromatic carbocycles. The highest BCUT2D eigenvalue weighted by Gasteiger charge is 2.51. The number of hydrogen-bond donors (Lipinski definition) is 1. The van der Waals surface area contributed by atoms with Crippen LogP contribution in [0.3, 0.4) is 0 Å². The lowest BCUT2D eigenvalue weighted by molar-refractivity contribution is 0.00578. The maximum atomic E-state index is 5.91. The number of pyridine rings is 1. The Bertz CT molecular complexity index is 419. The zero-order valence-corrected chi connectivity index (χ0v) is 10.9. The van der Waals surface area contributed by atoms with E-state index in [1.54, 1.807) is 0 Å². The lowest BCUT2D eigenvalue weighted by Crippen LogP contribution is -2.41. The van der Waals surface area contributed by atoms with Crippen LogP contribution in [-0.2, 0) is 9.31 Å². The molecule has 0 unspecified atom stereocenters. The predicted molar refractivity (Wildman–Crippen MR) is 67.3 cm³/mol. The molecule has 0 amide bonds. The van der Waals surface area contributed by atoms with Crippen LogP contribution in [0.4, 0.5) is 0 Å². The molecule has 5 heteroatoms. The van der Waals surface area contributed by atoms with Gasteiger partial charge in [0.25, 0.3) is 0 Å². The summed E-state index contributed by atoms with van der Waals surface area (Å²) in [5.74, 6) is 0. The third kappa shape index (κ3) is 1.95. The van der Waals surface area contributed by atoms with Gasteiger partial charge in [0.15, 0.2) is 0 Å². The summed E-state index contributed by atoms with van der Waals surface area (Å²) < 4.78 is 12.5. The Kier molecular flexibility index (Phi) is 2.73. The van der Waals surface area contributed by atoms with E-state index >= 15 is 0 Å². The predicted octanol–water partition coefficient (Wildman–Crippen LogP) is 2.04. The van der Waals surface area contributed by atoms with Gasteiger partial charge in [0.05, 0.1) is 11.2 Å². The molecule has 1 aliphatic heterocycles. The van der Waals surface area contributed by atoms with Gasteiger partial charge in [-0.3, -0.25) is 0 Å². The Hall–Kier alpha value is -0.645. The van der Waals surface area contributed by atoms with Gasteiger partial charge in [0.1, 0.15) is 4.64 Å². The summed E-state index contributed by atoms with van der Waals surface area (Å²) in [5.41, 5.74) is 0.362. The molecule has 0 saturated carbocycles. The SMILES string of the molecule is CC1(C)OB(c2ccc(=S)[nH]c2)OC1(C)C. The quantitative estimate of drug-likeness (QED) is 0.599. The third-order valence-electron chi connectivity index (χ3n) is 3.33. The molecule has 0 atom stereocenters. The molecule has 1 N–H and O–H groups in total. The summed E-state index contributed by atoms with van der Waals surface area (Å²) in [6.45, 7) is 8.16. The van der Waals surface area contributed by atoms with Crippen LogP contribution in [0, 0.1) is 4.64 Å². The maximum absolute atomic E-state index is 5.91. The first-order valence-electron chi connectivity index (χ1n) is 5.36.